The summed E-state index contributed by atoms with van der Waals surface area (Å²) in [6.45, 7) is 0.743. The minimum absolute atomic E-state index is 0.269. The van der Waals surface area contributed by atoms with E-state index >= 15 is 0 Å². The second-order valence-corrected chi connectivity index (χ2v) is 8.02. The van der Waals surface area contributed by atoms with Crippen LogP contribution in [0.2, 0.25) is 0 Å². The van der Waals surface area contributed by atoms with Crippen LogP contribution in [0.3, 0.4) is 0 Å². The highest BCUT2D eigenvalue weighted by molar-refractivity contribution is 6.12. The van der Waals surface area contributed by atoms with Gasteiger partial charge in [0.15, 0.2) is 5.82 Å². The number of aromatic nitrogens is 4. The summed E-state index contributed by atoms with van der Waals surface area (Å²) in [5, 5.41) is 11.9. The molecule has 8 heteroatoms. The molecule has 0 saturated carbocycles. The zero-order valence-electron chi connectivity index (χ0n) is 17.6. The van der Waals surface area contributed by atoms with Gasteiger partial charge in [-0.3, -0.25) is 9.59 Å². The Kier molecular flexibility index (Phi) is 5.05. The van der Waals surface area contributed by atoms with E-state index in [1.807, 2.05) is 16.7 Å². The van der Waals surface area contributed by atoms with Crippen LogP contribution in [0.1, 0.15) is 35.4 Å². The summed E-state index contributed by atoms with van der Waals surface area (Å²) in [4.78, 5) is 25.4. The molecule has 1 aliphatic rings. The number of fused-ring (bicyclic) bond motifs is 2. The first-order chi connectivity index (χ1) is 15.5. The van der Waals surface area contributed by atoms with Gasteiger partial charge in [-0.2, -0.15) is 0 Å². The molecule has 0 saturated heterocycles. The van der Waals surface area contributed by atoms with Crippen molar-refractivity contribution in [3.8, 4) is 11.4 Å². The molecule has 4 aromatic rings. The van der Waals surface area contributed by atoms with Crippen LogP contribution in [0.5, 0.6) is 0 Å². The van der Waals surface area contributed by atoms with Gasteiger partial charge in [-0.05, 0) is 37.1 Å². The number of carbonyl (C=O) groups is 1. The molecule has 2 aromatic heterocycles. The summed E-state index contributed by atoms with van der Waals surface area (Å²) in [5.41, 5.74) is 1.36. The van der Waals surface area contributed by atoms with Crippen LogP contribution in [0.25, 0.3) is 22.3 Å². The summed E-state index contributed by atoms with van der Waals surface area (Å²) >= 11 is 0. The highest BCUT2D eigenvalue weighted by Gasteiger charge is 2.20. The average Bonchev–Trinajstić information content (AvgIpc) is 3.05. The molecule has 5 rings (SSSR count). The van der Waals surface area contributed by atoms with Gasteiger partial charge in [0.2, 0.25) is 0 Å². The van der Waals surface area contributed by atoms with Crippen LogP contribution in [-0.4, -0.2) is 25.2 Å². The monoisotopic (exact) mass is 431 g/mol. The van der Waals surface area contributed by atoms with Gasteiger partial charge < -0.3 is 14.5 Å². The number of pyridine rings is 1. The number of anilines is 1. The van der Waals surface area contributed by atoms with Crippen LogP contribution in [0.4, 0.5) is 10.1 Å². The van der Waals surface area contributed by atoms with Crippen molar-refractivity contribution in [2.45, 2.75) is 32.2 Å². The van der Waals surface area contributed by atoms with Crippen LogP contribution < -0.4 is 10.9 Å². The Hall–Kier alpha value is -3.81. The second kappa shape index (κ2) is 8.03. The minimum atomic E-state index is -0.434. The molecule has 0 fully saturated rings. The summed E-state index contributed by atoms with van der Waals surface area (Å²) in [7, 11) is 1.67. The smallest absolute Gasteiger partial charge is 0.256 e. The van der Waals surface area contributed by atoms with Gasteiger partial charge in [0.1, 0.15) is 11.6 Å². The lowest BCUT2D eigenvalue weighted by molar-refractivity contribution is 0.102. The number of halogens is 1. The maximum Gasteiger partial charge on any atom is 0.256 e. The molecule has 0 aliphatic carbocycles. The lowest BCUT2D eigenvalue weighted by Gasteiger charge is -2.12. The van der Waals surface area contributed by atoms with Crippen LogP contribution in [0, 0.1) is 5.82 Å². The maximum atomic E-state index is 14.7. The standard InChI is InChI=1S/C24H22FN5O2/c1-29-20-8-5-4-7-16(20)17(14-22(29)31)24(32)26-15-10-11-19(25)18(13-15)23-28-27-21-9-3-2-6-12-30(21)23/h4-5,7-8,10-11,13-14H,2-3,6,9,12H2,1H3,(H,26,32). The van der Waals surface area contributed by atoms with Crippen LogP contribution in [0.15, 0.2) is 53.3 Å². The molecule has 3 heterocycles. The predicted octanol–water partition coefficient (Wildman–Crippen LogP) is 3.91. The Labute approximate surface area is 183 Å². The summed E-state index contributed by atoms with van der Waals surface area (Å²) in [6.07, 6.45) is 3.96. The van der Waals surface area contributed by atoms with Gasteiger partial charge >= 0.3 is 0 Å². The van der Waals surface area contributed by atoms with E-state index in [9.17, 15) is 14.0 Å². The van der Waals surface area contributed by atoms with Crippen molar-refractivity contribution in [1.82, 2.24) is 19.3 Å². The lowest BCUT2D eigenvalue weighted by Crippen LogP contribution is -2.21. The number of rotatable bonds is 3. The van der Waals surface area contributed by atoms with Crippen molar-refractivity contribution in [1.29, 1.82) is 0 Å². The third-order valence-corrected chi connectivity index (χ3v) is 5.97. The normalized spacial score (nSPS) is 13.6. The highest BCUT2D eigenvalue weighted by atomic mass is 19.1. The van der Waals surface area contributed by atoms with Crippen molar-refractivity contribution in [2.75, 3.05) is 5.32 Å². The molecule has 32 heavy (non-hydrogen) atoms. The number of amides is 1. The van der Waals surface area contributed by atoms with E-state index in [0.717, 1.165) is 38.1 Å². The fraction of sp³-hybridized carbons (Fsp3) is 0.250. The van der Waals surface area contributed by atoms with E-state index in [1.54, 1.807) is 25.2 Å². The summed E-state index contributed by atoms with van der Waals surface area (Å²) in [6, 6.07) is 12.9. The number of nitrogens with zero attached hydrogens (tertiary/aromatic N) is 4. The number of nitrogens with one attached hydrogen (secondary N) is 1. The molecule has 1 aliphatic heterocycles. The van der Waals surface area contributed by atoms with Crippen molar-refractivity contribution in [2.24, 2.45) is 7.05 Å². The Balaban J connectivity index is 1.51. The lowest BCUT2D eigenvalue weighted by atomic mass is 10.1. The molecular formula is C24H22FN5O2. The predicted molar refractivity (Wildman–Crippen MR) is 120 cm³/mol. The first-order valence-electron chi connectivity index (χ1n) is 10.6. The third kappa shape index (κ3) is 3.47. The Morgan fingerprint density at radius 3 is 2.78 bits per heavy atom. The number of aryl methyl sites for hydroxylation is 2. The van der Waals surface area contributed by atoms with Gasteiger partial charge in [0.25, 0.3) is 11.5 Å². The quantitative estimate of drug-likeness (QED) is 0.533. The SMILES string of the molecule is Cn1c(=O)cc(C(=O)Nc2ccc(F)c(-c3nnc4n3CCCCC4)c2)c2ccccc21. The largest absolute Gasteiger partial charge is 0.322 e. The van der Waals surface area contributed by atoms with Gasteiger partial charge in [0, 0.05) is 37.2 Å². The van der Waals surface area contributed by atoms with E-state index in [0.29, 0.717) is 22.4 Å². The van der Waals surface area contributed by atoms with Crippen LogP contribution in [-0.2, 0) is 20.0 Å². The van der Waals surface area contributed by atoms with Gasteiger partial charge in [0.05, 0.1) is 16.6 Å². The zero-order valence-corrected chi connectivity index (χ0v) is 17.6. The molecule has 0 bridgehead atoms. The molecule has 0 spiro atoms. The molecule has 1 amide bonds. The fourth-order valence-electron chi connectivity index (χ4n) is 4.26. The second-order valence-electron chi connectivity index (χ2n) is 8.02. The van der Waals surface area contributed by atoms with Gasteiger partial charge in [-0.15, -0.1) is 10.2 Å². The Morgan fingerprint density at radius 1 is 1.06 bits per heavy atom. The van der Waals surface area contributed by atoms with Crippen LogP contribution >= 0.6 is 0 Å². The number of benzene rings is 2. The van der Waals surface area contributed by atoms with Crippen molar-refractivity contribution in [3.05, 3.63) is 76.1 Å². The maximum absolute atomic E-state index is 14.7. The van der Waals surface area contributed by atoms with Crippen molar-refractivity contribution < 1.29 is 9.18 Å². The highest BCUT2D eigenvalue weighted by Crippen LogP contribution is 2.28. The minimum Gasteiger partial charge on any atom is -0.322 e. The summed E-state index contributed by atoms with van der Waals surface area (Å²) in [5.74, 6) is 0.463. The number of hydrogen-bond acceptors (Lipinski definition) is 4. The van der Waals surface area contributed by atoms with Crippen molar-refractivity contribution >= 4 is 22.5 Å². The van der Waals surface area contributed by atoms with E-state index in [-0.39, 0.29) is 16.7 Å². The molecule has 162 valence electrons. The molecule has 7 nitrogen and oxygen atoms in total. The molecule has 0 radical (unpaired) electrons. The molecular weight excluding hydrogens is 409 g/mol. The van der Waals surface area contributed by atoms with E-state index < -0.39 is 11.7 Å². The number of hydrogen-bond donors (Lipinski definition) is 1. The van der Waals surface area contributed by atoms with E-state index in [1.165, 1.54) is 22.8 Å². The zero-order chi connectivity index (χ0) is 22.2. The molecule has 2 aromatic carbocycles. The molecule has 1 N–H and O–H groups in total. The van der Waals surface area contributed by atoms with E-state index in [4.69, 9.17) is 0 Å². The Morgan fingerprint density at radius 2 is 1.91 bits per heavy atom. The van der Waals surface area contributed by atoms with Crippen molar-refractivity contribution in [3.63, 3.8) is 0 Å². The Bertz CT molecular complexity index is 1410. The number of para-hydroxylation sites is 1. The first kappa shape index (κ1) is 20.1. The third-order valence-electron chi connectivity index (χ3n) is 5.97. The summed E-state index contributed by atoms with van der Waals surface area (Å²) < 4.78 is 18.2. The average molecular weight is 431 g/mol. The topological polar surface area (TPSA) is 81.8 Å². The fourth-order valence-corrected chi connectivity index (χ4v) is 4.26. The van der Waals surface area contributed by atoms with Gasteiger partial charge in [-0.1, -0.05) is 24.6 Å². The molecule has 0 atom stereocenters. The van der Waals surface area contributed by atoms with E-state index in [2.05, 4.69) is 15.5 Å². The number of carbonyl (C=O) groups excluding carboxylic acids is 1. The first-order valence-corrected chi connectivity index (χ1v) is 10.6. The molecule has 0 unspecified atom stereocenters. The van der Waals surface area contributed by atoms with Gasteiger partial charge in [-0.25, -0.2) is 4.39 Å².